The molecule has 2 aromatic heterocycles. The Morgan fingerprint density at radius 2 is 1.84 bits per heavy atom. The maximum Gasteiger partial charge on any atom is 0.253 e. The quantitative estimate of drug-likeness (QED) is 0.231. The number of carbonyl (C=O) groups is 1. The molecule has 38 heavy (non-hydrogen) atoms. The topological polar surface area (TPSA) is 155 Å². The molecule has 1 atom stereocenters. The summed E-state index contributed by atoms with van der Waals surface area (Å²) in [5.41, 5.74) is 7.87. The molecule has 2 heterocycles. The molecule has 0 fully saturated rings. The van der Waals surface area contributed by atoms with Crippen molar-refractivity contribution in [2.45, 2.75) is 39.3 Å². The van der Waals surface area contributed by atoms with E-state index in [1.807, 2.05) is 30.3 Å². The van der Waals surface area contributed by atoms with Crippen LogP contribution in [0.4, 0.5) is 0 Å². The van der Waals surface area contributed by atoms with Gasteiger partial charge in [0.2, 0.25) is 17.7 Å². The molecule has 2 aromatic carbocycles. The molecule has 196 valence electrons. The first-order valence-corrected chi connectivity index (χ1v) is 12.0. The Morgan fingerprint density at radius 3 is 2.47 bits per heavy atom. The van der Waals surface area contributed by atoms with Crippen LogP contribution in [0.2, 0.25) is 0 Å². The van der Waals surface area contributed by atoms with E-state index in [1.165, 1.54) is 23.4 Å². The summed E-state index contributed by atoms with van der Waals surface area (Å²) < 4.78 is 16.5. The third-order valence-electron chi connectivity index (χ3n) is 5.99. The van der Waals surface area contributed by atoms with E-state index < -0.39 is 5.54 Å². The molecule has 4 aromatic rings. The summed E-state index contributed by atoms with van der Waals surface area (Å²) in [6.07, 6.45) is 3.27. The molecule has 10 heteroatoms. The number of hydrogen-bond acceptors (Lipinski definition) is 9. The van der Waals surface area contributed by atoms with Gasteiger partial charge in [0.15, 0.2) is 5.89 Å². The lowest BCUT2D eigenvalue weighted by Gasteiger charge is -2.25. The average Bonchev–Trinajstić information content (AvgIpc) is 3.53. The van der Waals surface area contributed by atoms with Crippen LogP contribution >= 0.6 is 0 Å². The second kappa shape index (κ2) is 10.8. The van der Waals surface area contributed by atoms with Crippen LogP contribution in [0, 0.1) is 24.7 Å². The van der Waals surface area contributed by atoms with Crippen LogP contribution in [0.15, 0.2) is 69.8 Å². The lowest BCUT2D eigenvalue weighted by molar-refractivity contribution is 0.0783. The van der Waals surface area contributed by atoms with Crippen LogP contribution < -0.4 is 5.73 Å². The molecule has 0 radical (unpaired) electrons. The molecule has 0 saturated heterocycles. The number of ether oxygens (including phenoxy) is 1. The number of hydrogen-bond donors (Lipinski definition) is 3. The highest BCUT2D eigenvalue weighted by molar-refractivity contribution is 6.04. The molecule has 4 N–H and O–H groups in total. The smallest absolute Gasteiger partial charge is 0.253 e. The van der Waals surface area contributed by atoms with Gasteiger partial charge in [-0.05, 0) is 44.0 Å². The highest BCUT2D eigenvalue weighted by Gasteiger charge is 2.29. The summed E-state index contributed by atoms with van der Waals surface area (Å²) >= 11 is 0. The first kappa shape index (κ1) is 26.5. The van der Waals surface area contributed by atoms with Gasteiger partial charge in [-0.2, -0.15) is 0 Å². The molecule has 0 aliphatic rings. The van der Waals surface area contributed by atoms with Crippen molar-refractivity contribution in [1.29, 1.82) is 10.8 Å². The van der Waals surface area contributed by atoms with E-state index in [4.69, 9.17) is 30.1 Å². The monoisotopic (exact) mass is 514 g/mol. The molecule has 0 unspecified atom stereocenters. The van der Waals surface area contributed by atoms with Gasteiger partial charge in [0.05, 0.1) is 18.3 Å². The van der Waals surface area contributed by atoms with Crippen LogP contribution in [-0.2, 0) is 17.7 Å². The summed E-state index contributed by atoms with van der Waals surface area (Å²) in [7, 11) is 1.66. The van der Waals surface area contributed by atoms with Crippen LogP contribution in [0.3, 0.4) is 0 Å². The standard InChI is InChI=1S/C28H30N6O4/c1-17-23(33-18(2)37-17)16-34(4)26(35)22-13-20(12-21(14-22)25-32-10-11-36-25)24(29)38-27(30)28(3,31)15-19-8-6-5-7-9-19/h5-14,29-30H,15-16,31H2,1-4H3/t28-/m1/s1. The zero-order valence-electron chi connectivity index (χ0n) is 21.7. The number of benzene rings is 2. The number of aromatic nitrogens is 2. The molecule has 4 rings (SSSR count). The molecule has 0 spiro atoms. The van der Waals surface area contributed by atoms with E-state index in [0.717, 1.165) is 5.56 Å². The Kier molecular flexibility index (Phi) is 7.54. The fourth-order valence-electron chi connectivity index (χ4n) is 3.98. The Balaban J connectivity index is 1.58. The largest absolute Gasteiger partial charge is 0.446 e. The maximum atomic E-state index is 13.4. The highest BCUT2D eigenvalue weighted by Crippen LogP contribution is 2.24. The Labute approximate surface area is 220 Å². The van der Waals surface area contributed by atoms with Gasteiger partial charge in [-0.25, -0.2) is 9.97 Å². The number of nitrogens with two attached hydrogens (primary N) is 1. The van der Waals surface area contributed by atoms with Crippen molar-refractivity contribution in [2.75, 3.05) is 7.05 Å². The fraction of sp³-hybridized carbons (Fsp3) is 0.250. The SMILES string of the molecule is Cc1nc(CN(C)C(=O)c2cc(C(=N)OC(=N)[C@](C)(N)Cc3ccccc3)cc(-c3ncco3)c2)c(C)o1. The van der Waals surface area contributed by atoms with Crippen LogP contribution in [0.1, 0.15) is 45.8 Å². The van der Waals surface area contributed by atoms with Crippen LogP contribution in [0.25, 0.3) is 11.5 Å². The third-order valence-corrected chi connectivity index (χ3v) is 5.99. The van der Waals surface area contributed by atoms with Crippen molar-refractivity contribution in [3.63, 3.8) is 0 Å². The predicted octanol–water partition coefficient (Wildman–Crippen LogP) is 4.50. The van der Waals surface area contributed by atoms with Gasteiger partial charge < -0.3 is 24.2 Å². The zero-order chi connectivity index (χ0) is 27.4. The Bertz CT molecular complexity index is 1460. The molecule has 0 saturated carbocycles. The first-order chi connectivity index (χ1) is 18.0. The minimum atomic E-state index is -1.15. The second-order valence-corrected chi connectivity index (χ2v) is 9.37. The minimum absolute atomic E-state index is 0.240. The molecule has 0 aliphatic carbocycles. The van der Waals surface area contributed by atoms with Crippen LogP contribution in [0.5, 0.6) is 0 Å². The Hall–Kier alpha value is -4.57. The van der Waals surface area contributed by atoms with Crippen molar-refractivity contribution >= 4 is 17.7 Å². The van der Waals surface area contributed by atoms with Gasteiger partial charge >= 0.3 is 0 Å². The van der Waals surface area contributed by atoms with Crippen molar-refractivity contribution < 1.29 is 18.4 Å². The number of oxazole rings is 2. The van der Waals surface area contributed by atoms with E-state index >= 15 is 0 Å². The Morgan fingerprint density at radius 1 is 1.13 bits per heavy atom. The summed E-state index contributed by atoms with van der Waals surface area (Å²) in [6.45, 7) is 5.46. The van der Waals surface area contributed by atoms with E-state index in [2.05, 4.69) is 9.97 Å². The number of nitrogens with one attached hydrogen (secondary N) is 2. The molecule has 10 nitrogen and oxygen atoms in total. The fourth-order valence-corrected chi connectivity index (χ4v) is 3.98. The van der Waals surface area contributed by atoms with Crippen molar-refractivity contribution in [1.82, 2.24) is 14.9 Å². The molecule has 0 aliphatic heterocycles. The molecule has 0 bridgehead atoms. The van der Waals surface area contributed by atoms with Gasteiger partial charge in [0.1, 0.15) is 17.7 Å². The molecular weight excluding hydrogens is 484 g/mol. The average molecular weight is 515 g/mol. The van der Waals surface area contributed by atoms with Gasteiger partial charge in [0, 0.05) is 30.7 Å². The number of carbonyl (C=O) groups excluding carboxylic acids is 1. The zero-order valence-corrected chi connectivity index (χ0v) is 21.7. The first-order valence-electron chi connectivity index (χ1n) is 12.0. The number of amides is 1. The lowest BCUT2D eigenvalue weighted by atomic mass is 9.93. The summed E-state index contributed by atoms with van der Waals surface area (Å²) in [5, 5.41) is 17.0. The number of rotatable bonds is 8. The normalized spacial score (nSPS) is 12.6. The van der Waals surface area contributed by atoms with Crippen LogP contribution in [-0.4, -0.2) is 45.2 Å². The maximum absolute atomic E-state index is 13.4. The highest BCUT2D eigenvalue weighted by atomic mass is 16.5. The van der Waals surface area contributed by atoms with Gasteiger partial charge in [-0.1, -0.05) is 30.3 Å². The van der Waals surface area contributed by atoms with E-state index in [9.17, 15) is 4.79 Å². The van der Waals surface area contributed by atoms with Gasteiger partial charge in [0.25, 0.3) is 5.91 Å². The number of aryl methyl sites for hydroxylation is 2. The van der Waals surface area contributed by atoms with Crippen molar-refractivity contribution in [3.05, 3.63) is 95.0 Å². The summed E-state index contributed by atoms with van der Waals surface area (Å²) in [5.74, 6) is 0.546. The predicted molar refractivity (Wildman–Crippen MR) is 142 cm³/mol. The summed E-state index contributed by atoms with van der Waals surface area (Å²) in [6, 6.07) is 14.3. The van der Waals surface area contributed by atoms with E-state index in [1.54, 1.807) is 40.0 Å². The minimum Gasteiger partial charge on any atom is -0.446 e. The van der Waals surface area contributed by atoms with Gasteiger partial charge in [-0.3, -0.25) is 15.6 Å². The van der Waals surface area contributed by atoms with Crippen molar-refractivity contribution in [3.8, 4) is 11.5 Å². The number of nitrogens with zero attached hydrogens (tertiary/aromatic N) is 3. The summed E-state index contributed by atoms with van der Waals surface area (Å²) in [4.78, 5) is 23.4. The van der Waals surface area contributed by atoms with E-state index in [-0.39, 0.29) is 41.3 Å². The van der Waals surface area contributed by atoms with Crippen molar-refractivity contribution in [2.24, 2.45) is 5.73 Å². The molecular formula is C28H30N6O4. The third kappa shape index (κ3) is 6.04. The lowest BCUT2D eigenvalue weighted by Crippen LogP contribution is -2.48. The van der Waals surface area contributed by atoms with Gasteiger partial charge in [-0.15, -0.1) is 0 Å². The van der Waals surface area contributed by atoms with E-state index in [0.29, 0.717) is 29.3 Å². The molecule has 1 amide bonds. The second-order valence-electron chi connectivity index (χ2n) is 9.37.